The number of esters is 2. The van der Waals surface area contributed by atoms with Crippen LogP contribution in [0.4, 0.5) is 0 Å². The fourth-order valence-corrected chi connectivity index (χ4v) is 4.28. The number of rotatable bonds is 18. The molecule has 0 unspecified atom stereocenters. The topological polar surface area (TPSA) is 52.6 Å². The molecule has 0 N–H and O–H groups in total. The Balaban J connectivity index is 1.87. The van der Waals surface area contributed by atoms with Gasteiger partial charge in [0.1, 0.15) is 0 Å². The maximum Gasteiger partial charge on any atom is 0.338 e. The van der Waals surface area contributed by atoms with E-state index in [0.29, 0.717) is 29.7 Å². The van der Waals surface area contributed by atoms with E-state index in [9.17, 15) is 9.59 Å². The van der Waals surface area contributed by atoms with Gasteiger partial charge in [0.2, 0.25) is 0 Å². The van der Waals surface area contributed by atoms with Gasteiger partial charge in [0.05, 0.1) is 24.3 Å². The Bertz CT molecular complexity index is 853. The summed E-state index contributed by atoms with van der Waals surface area (Å²) in [4.78, 5) is 25.7. The van der Waals surface area contributed by atoms with Crippen molar-refractivity contribution in [3.63, 3.8) is 0 Å². The number of unbranched alkanes of at least 4 members (excludes halogenated alkanes) is 12. The zero-order chi connectivity index (χ0) is 24.4. The van der Waals surface area contributed by atoms with Crippen LogP contribution in [0.5, 0.6) is 0 Å². The first-order chi connectivity index (χ1) is 16.7. The summed E-state index contributed by atoms with van der Waals surface area (Å²) in [5.41, 5.74) is 0.868. The minimum Gasteiger partial charge on any atom is -0.462 e. The lowest BCUT2D eigenvalue weighted by atomic mass is 9.99. The van der Waals surface area contributed by atoms with Gasteiger partial charge in [-0.25, -0.2) is 9.59 Å². The highest BCUT2D eigenvalue weighted by atomic mass is 16.5. The summed E-state index contributed by atoms with van der Waals surface area (Å²) in [6.45, 7) is 5.25. The summed E-state index contributed by atoms with van der Waals surface area (Å²) < 4.78 is 11.1. The highest BCUT2D eigenvalue weighted by Crippen LogP contribution is 2.25. The Kier molecular flexibility index (Phi) is 14.0. The predicted octanol–water partition coefficient (Wildman–Crippen LogP) is 8.65. The summed E-state index contributed by atoms with van der Waals surface area (Å²) in [6, 6.07) is 11.0. The van der Waals surface area contributed by atoms with E-state index in [1.54, 1.807) is 12.1 Å². The van der Waals surface area contributed by atoms with Crippen LogP contribution < -0.4 is 0 Å². The lowest BCUT2D eigenvalue weighted by molar-refractivity contribution is 0.0498. The van der Waals surface area contributed by atoms with Gasteiger partial charge in [0.15, 0.2) is 0 Å². The second kappa shape index (κ2) is 17.1. The van der Waals surface area contributed by atoms with Gasteiger partial charge in [-0.3, -0.25) is 0 Å². The molecule has 2 aromatic rings. The van der Waals surface area contributed by atoms with Gasteiger partial charge < -0.3 is 9.47 Å². The number of hydrogen-bond acceptors (Lipinski definition) is 4. The molecular weight excluding hydrogens is 424 g/mol. The maximum atomic E-state index is 12.9. The third-order valence-electron chi connectivity index (χ3n) is 6.31. The standard InChI is InChI=1S/C30H44O4/c1-3-5-7-9-11-12-14-16-24-34-30(32)27-22-18-20-25-19-17-21-26(28(25)27)29(31)33-23-15-13-10-8-6-4-2/h17-22H,3-16,23-24H2,1-2H3. The monoisotopic (exact) mass is 468 g/mol. The molecule has 0 spiro atoms. The molecule has 0 amide bonds. The zero-order valence-corrected chi connectivity index (χ0v) is 21.4. The van der Waals surface area contributed by atoms with Crippen molar-refractivity contribution in [3.8, 4) is 0 Å². The predicted molar refractivity (Wildman–Crippen MR) is 140 cm³/mol. The molecule has 4 nitrogen and oxygen atoms in total. The van der Waals surface area contributed by atoms with Gasteiger partial charge in [-0.05, 0) is 30.4 Å². The van der Waals surface area contributed by atoms with Crippen LogP contribution in [0.15, 0.2) is 36.4 Å². The average molecular weight is 469 g/mol. The van der Waals surface area contributed by atoms with Crippen molar-refractivity contribution < 1.29 is 19.1 Å². The van der Waals surface area contributed by atoms with Crippen LogP contribution in [0.1, 0.15) is 124 Å². The number of fused-ring (bicyclic) bond motifs is 1. The van der Waals surface area contributed by atoms with Crippen molar-refractivity contribution in [1.82, 2.24) is 0 Å². The SMILES string of the molecule is CCCCCCCCCCOC(=O)c1cccc2cccc(C(=O)OCCCCCCCC)c12. The molecule has 4 heteroatoms. The van der Waals surface area contributed by atoms with E-state index in [2.05, 4.69) is 13.8 Å². The van der Waals surface area contributed by atoms with Crippen LogP contribution in [-0.4, -0.2) is 25.2 Å². The summed E-state index contributed by atoms with van der Waals surface area (Å²) in [7, 11) is 0. The summed E-state index contributed by atoms with van der Waals surface area (Å²) in [5.74, 6) is -0.743. The molecule has 0 aromatic heterocycles. The van der Waals surface area contributed by atoms with E-state index in [-0.39, 0.29) is 11.9 Å². The van der Waals surface area contributed by atoms with E-state index in [1.165, 1.54) is 64.2 Å². The van der Waals surface area contributed by atoms with Gasteiger partial charge in [-0.1, -0.05) is 115 Å². The van der Waals surface area contributed by atoms with E-state index in [1.807, 2.05) is 24.3 Å². The zero-order valence-electron chi connectivity index (χ0n) is 21.4. The second-order valence-corrected chi connectivity index (χ2v) is 9.22. The molecule has 0 saturated carbocycles. The smallest absolute Gasteiger partial charge is 0.338 e. The lowest BCUT2D eigenvalue weighted by Crippen LogP contribution is -2.11. The summed E-state index contributed by atoms with van der Waals surface area (Å²) >= 11 is 0. The van der Waals surface area contributed by atoms with Crippen LogP contribution in [0.25, 0.3) is 10.8 Å². The largest absolute Gasteiger partial charge is 0.462 e. The van der Waals surface area contributed by atoms with Crippen molar-refractivity contribution in [2.45, 2.75) is 104 Å². The van der Waals surface area contributed by atoms with Gasteiger partial charge in [0.25, 0.3) is 0 Å². The van der Waals surface area contributed by atoms with Crippen LogP contribution in [0.3, 0.4) is 0 Å². The van der Waals surface area contributed by atoms with E-state index < -0.39 is 0 Å². The van der Waals surface area contributed by atoms with Gasteiger partial charge in [0, 0.05) is 5.39 Å². The Morgan fingerprint density at radius 1 is 0.559 bits per heavy atom. The Morgan fingerprint density at radius 2 is 0.941 bits per heavy atom. The molecular formula is C30H44O4. The number of benzene rings is 2. The average Bonchev–Trinajstić information content (AvgIpc) is 2.86. The van der Waals surface area contributed by atoms with Gasteiger partial charge >= 0.3 is 11.9 Å². The first-order valence-corrected chi connectivity index (χ1v) is 13.5. The third kappa shape index (κ3) is 9.87. The van der Waals surface area contributed by atoms with Crippen molar-refractivity contribution in [1.29, 1.82) is 0 Å². The van der Waals surface area contributed by atoms with Crippen molar-refractivity contribution in [2.24, 2.45) is 0 Å². The minimum atomic E-state index is -0.373. The molecule has 0 aliphatic carbocycles. The second-order valence-electron chi connectivity index (χ2n) is 9.22. The molecule has 2 aromatic carbocycles. The number of ether oxygens (including phenoxy) is 2. The molecule has 34 heavy (non-hydrogen) atoms. The Labute approximate surface area is 206 Å². The highest BCUT2D eigenvalue weighted by Gasteiger charge is 2.18. The molecule has 0 saturated heterocycles. The molecule has 0 fully saturated rings. The molecule has 0 heterocycles. The van der Waals surface area contributed by atoms with Crippen molar-refractivity contribution in [2.75, 3.05) is 13.2 Å². The molecule has 0 aliphatic rings. The van der Waals surface area contributed by atoms with E-state index in [4.69, 9.17) is 9.47 Å². The Morgan fingerprint density at radius 3 is 1.35 bits per heavy atom. The van der Waals surface area contributed by atoms with Crippen molar-refractivity contribution >= 4 is 22.7 Å². The third-order valence-corrected chi connectivity index (χ3v) is 6.31. The first-order valence-electron chi connectivity index (χ1n) is 13.5. The van der Waals surface area contributed by atoms with Gasteiger partial charge in [-0.15, -0.1) is 0 Å². The van der Waals surface area contributed by atoms with Crippen LogP contribution >= 0.6 is 0 Å². The number of carbonyl (C=O) groups is 2. The molecule has 0 aliphatic heterocycles. The maximum absolute atomic E-state index is 12.9. The Hall–Kier alpha value is -2.36. The first kappa shape index (κ1) is 27.9. The number of hydrogen-bond donors (Lipinski definition) is 0. The van der Waals surface area contributed by atoms with E-state index in [0.717, 1.165) is 31.1 Å². The molecule has 0 radical (unpaired) electrons. The van der Waals surface area contributed by atoms with Crippen LogP contribution in [0, 0.1) is 0 Å². The lowest BCUT2D eigenvalue weighted by Gasteiger charge is -2.12. The van der Waals surface area contributed by atoms with Crippen molar-refractivity contribution in [3.05, 3.63) is 47.5 Å². The summed E-state index contributed by atoms with van der Waals surface area (Å²) in [5, 5.41) is 1.47. The van der Waals surface area contributed by atoms with Gasteiger partial charge in [-0.2, -0.15) is 0 Å². The van der Waals surface area contributed by atoms with Crippen LogP contribution in [-0.2, 0) is 9.47 Å². The molecule has 188 valence electrons. The molecule has 0 bridgehead atoms. The van der Waals surface area contributed by atoms with Crippen LogP contribution in [0.2, 0.25) is 0 Å². The molecule has 2 rings (SSSR count). The number of carbonyl (C=O) groups excluding carboxylic acids is 2. The molecule has 0 atom stereocenters. The fraction of sp³-hybridized carbons (Fsp3) is 0.600. The fourth-order valence-electron chi connectivity index (χ4n) is 4.28. The quantitative estimate of drug-likeness (QED) is 0.162. The normalized spacial score (nSPS) is 11.0. The summed E-state index contributed by atoms with van der Waals surface area (Å²) in [6.07, 6.45) is 16.4. The highest BCUT2D eigenvalue weighted by molar-refractivity contribution is 6.13. The van der Waals surface area contributed by atoms with E-state index >= 15 is 0 Å². The minimum absolute atomic E-state index is 0.371.